The van der Waals surface area contributed by atoms with Crippen molar-refractivity contribution in [2.24, 2.45) is 0 Å². The molecule has 6 nitrogen and oxygen atoms in total. The maximum absolute atomic E-state index is 10.2. The number of carbonyl (C=O) groups excluding carboxylic acids is 1. The van der Waals surface area contributed by atoms with E-state index in [0.717, 1.165) is 0 Å². The predicted molar refractivity (Wildman–Crippen MR) is 32.5 cm³/mol. The Labute approximate surface area is 96.4 Å². The van der Waals surface area contributed by atoms with Gasteiger partial charge < -0.3 is 30.0 Å². The van der Waals surface area contributed by atoms with Crippen molar-refractivity contribution < 1.29 is 59.5 Å². The van der Waals surface area contributed by atoms with Gasteiger partial charge in [0.15, 0.2) is 6.29 Å². The molecule has 1 aliphatic heterocycles. The van der Waals surface area contributed by atoms with Gasteiger partial charge in [-0.1, -0.05) is 0 Å². The van der Waals surface area contributed by atoms with Crippen molar-refractivity contribution >= 4 is 5.97 Å². The first-order chi connectivity index (χ1) is 5.52. The van der Waals surface area contributed by atoms with Gasteiger partial charge in [0.05, 0.1) is 12.1 Å². The Morgan fingerprint density at radius 1 is 1.38 bits per heavy atom. The largest absolute Gasteiger partial charge is 1.00 e. The van der Waals surface area contributed by atoms with Gasteiger partial charge in [0.25, 0.3) is 0 Å². The summed E-state index contributed by atoms with van der Waals surface area (Å²) in [5, 5.41) is 37.1. The number of ether oxygens (including phenoxy) is 1. The van der Waals surface area contributed by atoms with Crippen molar-refractivity contribution in [3.05, 3.63) is 0 Å². The van der Waals surface area contributed by atoms with Gasteiger partial charge in [-0.2, -0.15) is 0 Å². The maximum atomic E-state index is 10.2. The number of aliphatic hydroxyl groups excluding tert-OH is 3. The van der Waals surface area contributed by atoms with Crippen LogP contribution < -0.4 is 34.7 Å². The molecule has 0 amide bonds. The Morgan fingerprint density at radius 2 is 1.92 bits per heavy atom. The molecule has 4 atom stereocenters. The van der Waals surface area contributed by atoms with Crippen molar-refractivity contribution in [2.75, 3.05) is 0 Å². The van der Waals surface area contributed by atoms with E-state index in [2.05, 4.69) is 4.74 Å². The number of carboxylic acids is 1. The topological polar surface area (TPSA) is 110 Å². The van der Waals surface area contributed by atoms with E-state index in [9.17, 15) is 9.90 Å². The molecule has 0 aromatic carbocycles. The number of aliphatic carboxylic acids is 1. The third kappa shape index (κ3) is 3.17. The van der Waals surface area contributed by atoms with E-state index in [4.69, 9.17) is 15.3 Å². The zero-order chi connectivity index (χ0) is 9.30. The Hall–Kier alpha value is 0.310. The fraction of sp³-hybridized carbons (Fsp3) is 0.833. The van der Waals surface area contributed by atoms with Crippen LogP contribution in [0.5, 0.6) is 0 Å². The van der Waals surface area contributed by atoms with E-state index in [-0.39, 0.29) is 36.0 Å². The normalized spacial score (nSPS) is 39.3. The van der Waals surface area contributed by atoms with Crippen molar-refractivity contribution in [2.45, 2.75) is 31.0 Å². The van der Waals surface area contributed by atoms with Crippen LogP contribution in [-0.2, 0) is 9.53 Å². The third-order valence-corrected chi connectivity index (χ3v) is 1.68. The minimum atomic E-state index is -1.66. The van der Waals surface area contributed by atoms with Crippen molar-refractivity contribution in [1.29, 1.82) is 0 Å². The predicted octanol–water partition coefficient (Wildman–Crippen LogP) is -6.43. The van der Waals surface area contributed by atoms with Crippen LogP contribution in [0.1, 0.15) is 6.42 Å². The average molecular weight is 200 g/mol. The number of carbonyl (C=O) groups is 1. The molecule has 1 heterocycles. The second-order valence-corrected chi connectivity index (χ2v) is 2.62. The standard InChI is InChI=1S/C6H10O6.Na/c7-2-1-3(8)12-5(4(2)9)6(10)11;/h2-5,7-9H,1H2,(H,10,11);/q;+1/p-1/t2?,3?,4-,5?;/m1./s1. The van der Waals surface area contributed by atoms with Gasteiger partial charge in [-0.3, -0.25) is 0 Å². The fourth-order valence-corrected chi connectivity index (χ4v) is 1.05. The van der Waals surface area contributed by atoms with E-state index in [1.54, 1.807) is 0 Å². The van der Waals surface area contributed by atoms with Crippen LogP contribution in [0, 0.1) is 0 Å². The molecule has 1 rings (SSSR count). The quantitative estimate of drug-likeness (QED) is 0.363. The second-order valence-electron chi connectivity index (χ2n) is 2.62. The molecule has 0 aromatic rings. The molecule has 7 heteroatoms. The van der Waals surface area contributed by atoms with Crippen LogP contribution in [0.25, 0.3) is 0 Å². The monoisotopic (exact) mass is 200 g/mol. The molecule has 0 spiro atoms. The van der Waals surface area contributed by atoms with E-state index in [1.807, 2.05) is 0 Å². The number of aliphatic hydroxyl groups is 3. The van der Waals surface area contributed by atoms with Crippen molar-refractivity contribution in [3.8, 4) is 0 Å². The number of rotatable bonds is 1. The van der Waals surface area contributed by atoms with Crippen LogP contribution >= 0.6 is 0 Å². The first-order valence-corrected chi connectivity index (χ1v) is 3.43. The molecule has 1 aliphatic rings. The van der Waals surface area contributed by atoms with Gasteiger partial charge in [0, 0.05) is 6.42 Å². The molecular weight excluding hydrogens is 191 g/mol. The van der Waals surface area contributed by atoms with E-state index < -0.39 is 30.6 Å². The number of hydrogen-bond donors (Lipinski definition) is 3. The van der Waals surface area contributed by atoms with Crippen LogP contribution in [0.15, 0.2) is 0 Å². The molecule has 0 aliphatic carbocycles. The first-order valence-electron chi connectivity index (χ1n) is 3.43. The second kappa shape index (κ2) is 5.26. The average Bonchev–Trinajstić information content (AvgIpc) is 1.96. The Morgan fingerprint density at radius 3 is 2.38 bits per heavy atom. The summed E-state index contributed by atoms with van der Waals surface area (Å²) < 4.78 is 4.41. The summed E-state index contributed by atoms with van der Waals surface area (Å²) in [6.07, 6.45) is -6.07. The molecule has 0 radical (unpaired) electrons. The van der Waals surface area contributed by atoms with Gasteiger partial charge in [-0.05, 0) is 0 Å². The summed E-state index contributed by atoms with van der Waals surface area (Å²) in [5.74, 6) is -1.65. The summed E-state index contributed by atoms with van der Waals surface area (Å²) in [5.41, 5.74) is 0. The molecule has 70 valence electrons. The van der Waals surface area contributed by atoms with Gasteiger partial charge >= 0.3 is 29.6 Å². The summed E-state index contributed by atoms with van der Waals surface area (Å²) in [4.78, 5) is 10.2. The van der Waals surface area contributed by atoms with Crippen LogP contribution in [0.4, 0.5) is 0 Å². The summed E-state index contributed by atoms with van der Waals surface area (Å²) in [6.45, 7) is 0. The Bertz CT molecular complexity index is 186. The van der Waals surface area contributed by atoms with E-state index >= 15 is 0 Å². The summed E-state index contributed by atoms with van der Waals surface area (Å²) >= 11 is 0. The molecule has 1 fully saturated rings. The fourth-order valence-electron chi connectivity index (χ4n) is 1.05. The Kier molecular flexibility index (Phi) is 5.38. The van der Waals surface area contributed by atoms with Gasteiger partial charge in [-0.15, -0.1) is 0 Å². The zero-order valence-corrected chi connectivity index (χ0v) is 9.08. The number of carboxylic acid groups (broad SMARTS) is 1. The SMILES string of the molecule is O=C([O-])C1OC(O)CC(O)[C@H]1O.[Na+]. The summed E-state index contributed by atoms with van der Waals surface area (Å²) in [7, 11) is 0. The van der Waals surface area contributed by atoms with Crippen LogP contribution in [-0.4, -0.2) is 45.9 Å². The summed E-state index contributed by atoms with van der Waals surface area (Å²) in [6, 6.07) is 0. The Balaban J connectivity index is 0.00000144. The maximum Gasteiger partial charge on any atom is 1.00 e. The van der Waals surface area contributed by atoms with E-state index in [0.29, 0.717) is 0 Å². The molecule has 1 saturated heterocycles. The minimum Gasteiger partial charge on any atom is -0.547 e. The van der Waals surface area contributed by atoms with Crippen LogP contribution in [0.2, 0.25) is 0 Å². The smallest absolute Gasteiger partial charge is 0.547 e. The third-order valence-electron chi connectivity index (χ3n) is 1.68. The van der Waals surface area contributed by atoms with Gasteiger partial charge in [0.1, 0.15) is 12.2 Å². The van der Waals surface area contributed by atoms with Crippen LogP contribution in [0.3, 0.4) is 0 Å². The molecule has 3 N–H and O–H groups in total. The van der Waals surface area contributed by atoms with Gasteiger partial charge in [0.2, 0.25) is 0 Å². The first kappa shape index (κ1) is 13.3. The van der Waals surface area contributed by atoms with Crippen molar-refractivity contribution in [3.63, 3.8) is 0 Å². The molecule has 13 heavy (non-hydrogen) atoms. The minimum absolute atomic E-state index is 0. The molecule has 3 unspecified atom stereocenters. The molecule has 0 saturated carbocycles. The van der Waals surface area contributed by atoms with Crippen molar-refractivity contribution in [1.82, 2.24) is 0 Å². The molecule has 0 bridgehead atoms. The van der Waals surface area contributed by atoms with E-state index in [1.165, 1.54) is 0 Å². The zero-order valence-electron chi connectivity index (χ0n) is 7.08. The molecular formula is C6H9NaO6. The van der Waals surface area contributed by atoms with Gasteiger partial charge in [-0.25, -0.2) is 0 Å². The molecule has 0 aromatic heterocycles. The number of hydrogen-bond acceptors (Lipinski definition) is 6.